The van der Waals surface area contributed by atoms with Crippen molar-refractivity contribution >= 4 is 23.4 Å². The van der Waals surface area contributed by atoms with Gasteiger partial charge in [0.1, 0.15) is 11.9 Å². The summed E-state index contributed by atoms with van der Waals surface area (Å²) in [6.45, 7) is 0. The molecular formula is C14H18ClNOS. The Kier molecular flexibility index (Phi) is 3.73. The van der Waals surface area contributed by atoms with E-state index in [1.807, 2.05) is 30.0 Å². The number of rotatable bonds is 1. The maximum Gasteiger partial charge on any atom is 0.124 e. The number of benzene rings is 1. The molecule has 0 spiro atoms. The van der Waals surface area contributed by atoms with E-state index in [0.29, 0.717) is 5.92 Å². The van der Waals surface area contributed by atoms with Crippen LogP contribution >= 0.6 is 23.4 Å². The summed E-state index contributed by atoms with van der Waals surface area (Å²) in [7, 11) is 0. The van der Waals surface area contributed by atoms with E-state index in [1.165, 1.54) is 24.3 Å². The summed E-state index contributed by atoms with van der Waals surface area (Å²) in [4.78, 5) is 0. The Hall–Kier alpha value is -0.380. The molecule has 0 amide bonds. The monoisotopic (exact) mass is 283 g/mol. The molecule has 2 unspecified atom stereocenters. The van der Waals surface area contributed by atoms with Crippen LogP contribution in [0.4, 0.5) is 0 Å². The van der Waals surface area contributed by atoms with Crippen LogP contribution in [0.5, 0.6) is 5.75 Å². The van der Waals surface area contributed by atoms with Gasteiger partial charge in [0.15, 0.2) is 0 Å². The zero-order chi connectivity index (χ0) is 12.5. The first kappa shape index (κ1) is 12.6. The minimum Gasteiger partial charge on any atom is -0.490 e. The summed E-state index contributed by atoms with van der Waals surface area (Å²) in [5.41, 5.74) is 7.32. The van der Waals surface area contributed by atoms with Crippen molar-refractivity contribution in [1.82, 2.24) is 0 Å². The zero-order valence-electron chi connectivity index (χ0n) is 10.3. The predicted molar refractivity (Wildman–Crippen MR) is 77.5 cm³/mol. The van der Waals surface area contributed by atoms with E-state index in [4.69, 9.17) is 22.1 Å². The predicted octanol–water partition coefficient (Wildman–Crippen LogP) is 3.63. The van der Waals surface area contributed by atoms with Gasteiger partial charge in [0, 0.05) is 29.0 Å². The Labute approximate surface area is 117 Å². The Morgan fingerprint density at radius 2 is 2.28 bits per heavy atom. The average molecular weight is 284 g/mol. The van der Waals surface area contributed by atoms with E-state index in [1.54, 1.807) is 0 Å². The van der Waals surface area contributed by atoms with Crippen LogP contribution in [0.25, 0.3) is 0 Å². The Balaban J connectivity index is 1.80. The van der Waals surface area contributed by atoms with E-state index in [2.05, 4.69) is 0 Å². The molecule has 2 aliphatic heterocycles. The first-order valence-corrected chi connectivity index (χ1v) is 8.07. The lowest BCUT2D eigenvalue weighted by Gasteiger charge is -2.36. The molecule has 3 atom stereocenters. The number of hydrogen-bond donors (Lipinski definition) is 1. The third-order valence-corrected chi connectivity index (χ3v) is 5.33. The van der Waals surface area contributed by atoms with Gasteiger partial charge in [-0.2, -0.15) is 11.8 Å². The SMILES string of the molecule is N[C@@H]1CC(C2CCCSC2)Oc2ccc(Cl)cc21. The van der Waals surface area contributed by atoms with Gasteiger partial charge in [-0.15, -0.1) is 0 Å². The van der Waals surface area contributed by atoms with Crippen molar-refractivity contribution in [2.45, 2.75) is 31.4 Å². The van der Waals surface area contributed by atoms with Crippen LogP contribution in [0.2, 0.25) is 5.02 Å². The lowest BCUT2D eigenvalue weighted by atomic mass is 9.88. The van der Waals surface area contributed by atoms with Crippen LogP contribution < -0.4 is 10.5 Å². The number of nitrogens with two attached hydrogens (primary N) is 1. The third kappa shape index (κ3) is 2.49. The van der Waals surface area contributed by atoms with Crippen LogP contribution in [-0.4, -0.2) is 17.6 Å². The van der Waals surface area contributed by atoms with Crippen LogP contribution in [0.3, 0.4) is 0 Å². The second-order valence-corrected chi connectivity index (χ2v) is 6.74. The van der Waals surface area contributed by atoms with Gasteiger partial charge in [-0.25, -0.2) is 0 Å². The maximum atomic E-state index is 6.27. The molecule has 0 bridgehead atoms. The van der Waals surface area contributed by atoms with Crippen LogP contribution in [0.1, 0.15) is 30.9 Å². The molecular weight excluding hydrogens is 266 g/mol. The molecule has 2 N–H and O–H groups in total. The quantitative estimate of drug-likeness (QED) is 0.855. The second kappa shape index (κ2) is 5.32. The average Bonchev–Trinajstić information content (AvgIpc) is 2.40. The fraction of sp³-hybridized carbons (Fsp3) is 0.571. The van der Waals surface area contributed by atoms with Gasteiger partial charge >= 0.3 is 0 Å². The number of halogens is 1. The van der Waals surface area contributed by atoms with E-state index in [9.17, 15) is 0 Å². The molecule has 4 heteroatoms. The first-order chi connectivity index (χ1) is 8.74. The van der Waals surface area contributed by atoms with Crippen LogP contribution in [0, 0.1) is 5.92 Å². The highest BCUT2D eigenvalue weighted by atomic mass is 35.5. The minimum absolute atomic E-state index is 0.0596. The van der Waals surface area contributed by atoms with Gasteiger partial charge < -0.3 is 10.5 Å². The van der Waals surface area contributed by atoms with Crippen molar-refractivity contribution in [3.05, 3.63) is 28.8 Å². The van der Waals surface area contributed by atoms with Gasteiger partial charge in [-0.05, 0) is 42.5 Å². The summed E-state index contributed by atoms with van der Waals surface area (Å²) in [5.74, 6) is 4.08. The largest absolute Gasteiger partial charge is 0.490 e. The molecule has 0 saturated carbocycles. The van der Waals surface area contributed by atoms with Gasteiger partial charge in [-0.1, -0.05) is 11.6 Å². The first-order valence-electron chi connectivity index (χ1n) is 6.53. The number of hydrogen-bond acceptors (Lipinski definition) is 3. The van der Waals surface area contributed by atoms with Gasteiger partial charge in [0.05, 0.1) is 0 Å². The summed E-state index contributed by atoms with van der Waals surface area (Å²) in [6, 6.07) is 5.84. The van der Waals surface area contributed by atoms with Crippen LogP contribution in [0.15, 0.2) is 18.2 Å². The fourth-order valence-electron chi connectivity index (χ4n) is 2.85. The van der Waals surface area contributed by atoms with Gasteiger partial charge in [0.2, 0.25) is 0 Å². The zero-order valence-corrected chi connectivity index (χ0v) is 11.8. The van der Waals surface area contributed by atoms with Crippen molar-refractivity contribution in [3.8, 4) is 5.75 Å². The standard InChI is InChI=1S/C14H18ClNOS/c15-10-3-4-13-11(6-10)12(16)7-14(17-13)9-2-1-5-18-8-9/h3-4,6,9,12,14H,1-2,5,7-8,16H2/t9?,12-,14?/m1/s1. The molecule has 18 heavy (non-hydrogen) atoms. The molecule has 2 heterocycles. The highest BCUT2D eigenvalue weighted by Gasteiger charge is 2.32. The third-order valence-electron chi connectivity index (χ3n) is 3.86. The molecule has 0 radical (unpaired) electrons. The molecule has 1 saturated heterocycles. The van der Waals surface area contributed by atoms with E-state index in [0.717, 1.165) is 22.8 Å². The lowest BCUT2D eigenvalue weighted by Crippen LogP contribution is -2.37. The molecule has 0 aromatic heterocycles. The van der Waals surface area contributed by atoms with Crippen LogP contribution in [-0.2, 0) is 0 Å². The minimum atomic E-state index is 0.0596. The normalized spacial score (nSPS) is 31.6. The molecule has 1 aromatic carbocycles. The highest BCUT2D eigenvalue weighted by Crippen LogP contribution is 2.39. The van der Waals surface area contributed by atoms with Crippen molar-refractivity contribution in [2.24, 2.45) is 11.7 Å². The van der Waals surface area contributed by atoms with E-state index >= 15 is 0 Å². The summed E-state index contributed by atoms with van der Waals surface area (Å²) >= 11 is 8.05. The maximum absolute atomic E-state index is 6.27. The molecule has 1 fully saturated rings. The molecule has 0 aliphatic carbocycles. The summed E-state index contributed by atoms with van der Waals surface area (Å²) in [5, 5.41) is 0.736. The molecule has 2 nitrogen and oxygen atoms in total. The summed E-state index contributed by atoms with van der Waals surface area (Å²) < 4.78 is 6.14. The van der Waals surface area contributed by atoms with Gasteiger partial charge in [-0.3, -0.25) is 0 Å². The van der Waals surface area contributed by atoms with E-state index in [-0.39, 0.29) is 12.1 Å². The molecule has 98 valence electrons. The Morgan fingerprint density at radius 3 is 3.06 bits per heavy atom. The molecule has 2 aliphatic rings. The number of fused-ring (bicyclic) bond motifs is 1. The lowest BCUT2D eigenvalue weighted by molar-refractivity contribution is 0.103. The van der Waals surface area contributed by atoms with Crippen molar-refractivity contribution < 1.29 is 4.74 Å². The molecule has 1 aromatic rings. The van der Waals surface area contributed by atoms with E-state index < -0.39 is 0 Å². The fourth-order valence-corrected chi connectivity index (χ4v) is 4.25. The van der Waals surface area contributed by atoms with Gasteiger partial charge in [0.25, 0.3) is 0 Å². The molecule has 3 rings (SSSR count). The Morgan fingerprint density at radius 1 is 1.39 bits per heavy atom. The highest BCUT2D eigenvalue weighted by molar-refractivity contribution is 7.99. The van der Waals surface area contributed by atoms with Crippen molar-refractivity contribution in [1.29, 1.82) is 0 Å². The summed E-state index contributed by atoms with van der Waals surface area (Å²) in [6.07, 6.45) is 3.77. The Bertz CT molecular complexity index is 434. The van der Waals surface area contributed by atoms with Crippen molar-refractivity contribution in [3.63, 3.8) is 0 Å². The number of ether oxygens (including phenoxy) is 1. The smallest absolute Gasteiger partial charge is 0.124 e. The topological polar surface area (TPSA) is 35.2 Å². The van der Waals surface area contributed by atoms with Crippen molar-refractivity contribution in [2.75, 3.05) is 11.5 Å². The number of thioether (sulfide) groups is 1. The second-order valence-electron chi connectivity index (χ2n) is 5.16.